The number of benzene rings is 3. The molecular formula is C33H28N4O4S2. The summed E-state index contributed by atoms with van der Waals surface area (Å²) in [6.07, 6.45) is -0.354. The molecule has 6 rings (SSSR count). The van der Waals surface area contributed by atoms with Gasteiger partial charge in [-0.3, -0.25) is 4.79 Å². The van der Waals surface area contributed by atoms with Crippen LogP contribution in [-0.4, -0.2) is 24.3 Å². The highest BCUT2D eigenvalue weighted by atomic mass is 32.2. The summed E-state index contributed by atoms with van der Waals surface area (Å²) in [5.41, 5.74) is 9.72. The summed E-state index contributed by atoms with van der Waals surface area (Å²) in [4.78, 5) is 23.8. The summed E-state index contributed by atoms with van der Waals surface area (Å²) in [5, 5.41) is 1.15. The third-order valence-electron chi connectivity index (χ3n) is 7.27. The Labute approximate surface area is 253 Å². The maximum absolute atomic E-state index is 14.0. The van der Waals surface area contributed by atoms with Gasteiger partial charge in [0.05, 0.1) is 27.0 Å². The molecule has 0 aliphatic rings. The first-order valence-corrected chi connectivity index (χ1v) is 15.9. The summed E-state index contributed by atoms with van der Waals surface area (Å²) in [5.74, 6) is -0.401. The van der Waals surface area contributed by atoms with Crippen molar-refractivity contribution in [3.63, 3.8) is 0 Å². The van der Waals surface area contributed by atoms with Gasteiger partial charge in [-0.2, -0.15) is 8.42 Å². The van der Waals surface area contributed by atoms with Crippen LogP contribution in [0.2, 0.25) is 0 Å². The van der Waals surface area contributed by atoms with Crippen LogP contribution in [-0.2, 0) is 10.0 Å². The topological polar surface area (TPSA) is 124 Å². The van der Waals surface area contributed by atoms with Crippen molar-refractivity contribution in [1.82, 2.24) is 14.7 Å². The zero-order chi connectivity index (χ0) is 30.3. The summed E-state index contributed by atoms with van der Waals surface area (Å²) in [6.45, 7) is 5.83. The zero-order valence-corrected chi connectivity index (χ0v) is 25.3. The number of aromatic nitrogens is 2. The van der Waals surface area contributed by atoms with Gasteiger partial charge in [-0.15, -0.1) is 11.3 Å². The Morgan fingerprint density at radius 3 is 2.42 bits per heavy atom. The number of nitrogens with two attached hydrogens (primary N) is 1. The van der Waals surface area contributed by atoms with Gasteiger partial charge in [0.2, 0.25) is 0 Å². The SMILES string of the molecule is Cc1c(-c2cc(C(=O)NS(=O)(=O)c3cccc(N)n3)c3c(O[C@H](C)c4ccccc4)ccc(C)c3n2)sc2ccccc12. The number of amides is 1. The molecule has 43 heavy (non-hydrogen) atoms. The van der Waals surface area contributed by atoms with E-state index in [4.69, 9.17) is 15.5 Å². The Hall–Kier alpha value is -4.80. The fourth-order valence-electron chi connectivity index (χ4n) is 5.05. The molecule has 3 aromatic heterocycles. The maximum Gasteiger partial charge on any atom is 0.281 e. The standard InChI is InChI=1S/C33H28N4O4S2/c1-19-16-17-26(41-21(3)22-10-5-4-6-11-22)30-24(33(38)37-43(39,40)29-15-9-14-28(34)36-29)18-25(35-31(19)30)32-20(2)23-12-7-8-13-27(23)42-32/h4-18,21H,1-3H3,(H2,34,36)(H,37,38)/t21-/m1/s1. The highest BCUT2D eigenvalue weighted by Gasteiger charge is 2.26. The summed E-state index contributed by atoms with van der Waals surface area (Å²) < 4.78 is 36.2. The second kappa shape index (κ2) is 11.1. The molecule has 0 unspecified atom stereocenters. The molecule has 3 heterocycles. The van der Waals surface area contributed by atoms with Gasteiger partial charge in [-0.1, -0.05) is 60.7 Å². The number of carbonyl (C=O) groups excluding carboxylic acids is 1. The Morgan fingerprint density at radius 1 is 0.930 bits per heavy atom. The van der Waals surface area contributed by atoms with Crippen LogP contribution in [0.5, 0.6) is 5.75 Å². The van der Waals surface area contributed by atoms with Gasteiger partial charge in [0.15, 0.2) is 5.03 Å². The molecule has 6 aromatic rings. The van der Waals surface area contributed by atoms with Gasteiger partial charge in [-0.25, -0.2) is 14.7 Å². The second-order valence-corrected chi connectivity index (χ2v) is 12.9. The molecule has 0 aliphatic heterocycles. The number of thiophene rings is 1. The van der Waals surface area contributed by atoms with Crippen LogP contribution >= 0.6 is 11.3 Å². The van der Waals surface area contributed by atoms with Crippen LogP contribution in [0.3, 0.4) is 0 Å². The quantitative estimate of drug-likeness (QED) is 0.201. The molecule has 0 fully saturated rings. The predicted molar refractivity (Wildman–Crippen MR) is 171 cm³/mol. The minimum Gasteiger partial charge on any atom is -0.485 e. The first kappa shape index (κ1) is 28.3. The Kier molecular flexibility index (Phi) is 7.33. The van der Waals surface area contributed by atoms with Gasteiger partial charge in [0.25, 0.3) is 15.9 Å². The number of rotatable bonds is 7. The molecule has 216 valence electrons. The lowest BCUT2D eigenvalue weighted by Gasteiger charge is -2.19. The van der Waals surface area contributed by atoms with E-state index < -0.39 is 15.9 Å². The van der Waals surface area contributed by atoms with E-state index in [0.717, 1.165) is 31.7 Å². The highest BCUT2D eigenvalue weighted by molar-refractivity contribution is 7.90. The number of sulfonamides is 1. The number of aryl methyl sites for hydroxylation is 2. The molecule has 0 aliphatic carbocycles. The number of nitrogens with zero attached hydrogens (tertiary/aromatic N) is 2. The molecule has 1 atom stereocenters. The van der Waals surface area contributed by atoms with E-state index in [1.54, 1.807) is 23.5 Å². The van der Waals surface area contributed by atoms with Crippen molar-refractivity contribution in [2.75, 3.05) is 5.73 Å². The van der Waals surface area contributed by atoms with Crippen LogP contribution in [0, 0.1) is 13.8 Å². The average molecular weight is 609 g/mol. The van der Waals surface area contributed by atoms with Crippen molar-refractivity contribution in [1.29, 1.82) is 0 Å². The van der Waals surface area contributed by atoms with E-state index >= 15 is 0 Å². The monoisotopic (exact) mass is 608 g/mol. The molecule has 8 nitrogen and oxygen atoms in total. The minimum atomic E-state index is -4.34. The molecule has 0 bridgehead atoms. The summed E-state index contributed by atoms with van der Waals surface area (Å²) in [6, 6.07) is 27.3. The third-order valence-corrected chi connectivity index (χ3v) is 9.79. The first-order chi connectivity index (χ1) is 20.6. The predicted octanol–water partition coefficient (Wildman–Crippen LogP) is 6.97. The van der Waals surface area contributed by atoms with E-state index in [-0.39, 0.29) is 22.5 Å². The molecule has 1 amide bonds. The Bertz CT molecular complexity index is 2130. The van der Waals surface area contributed by atoms with Crippen molar-refractivity contribution in [3.8, 4) is 16.3 Å². The average Bonchev–Trinajstić information content (AvgIpc) is 3.34. The van der Waals surface area contributed by atoms with Crippen LogP contribution in [0.25, 0.3) is 31.6 Å². The van der Waals surface area contributed by atoms with Gasteiger partial charge >= 0.3 is 0 Å². The van der Waals surface area contributed by atoms with Gasteiger partial charge in [0.1, 0.15) is 17.7 Å². The normalized spacial score (nSPS) is 12.3. The molecule has 0 saturated heterocycles. The van der Waals surface area contributed by atoms with Crippen molar-refractivity contribution in [2.45, 2.75) is 31.9 Å². The van der Waals surface area contributed by atoms with E-state index in [1.165, 1.54) is 18.2 Å². The molecule has 0 spiro atoms. The van der Waals surface area contributed by atoms with Gasteiger partial charge in [0, 0.05) is 4.70 Å². The van der Waals surface area contributed by atoms with E-state index in [9.17, 15) is 13.2 Å². The maximum atomic E-state index is 14.0. The number of pyridine rings is 2. The number of nitrogens with one attached hydrogen (secondary N) is 1. The summed E-state index contributed by atoms with van der Waals surface area (Å²) in [7, 11) is -4.34. The van der Waals surface area contributed by atoms with E-state index in [1.807, 2.05) is 81.4 Å². The molecule has 10 heteroatoms. The van der Waals surface area contributed by atoms with E-state index in [0.29, 0.717) is 22.3 Å². The second-order valence-electron chi connectivity index (χ2n) is 10.2. The molecule has 3 aromatic carbocycles. The van der Waals surface area contributed by atoms with Crippen LogP contribution in [0.4, 0.5) is 5.82 Å². The largest absolute Gasteiger partial charge is 0.485 e. The van der Waals surface area contributed by atoms with Crippen molar-refractivity contribution in [2.24, 2.45) is 0 Å². The zero-order valence-electron chi connectivity index (χ0n) is 23.7. The van der Waals surface area contributed by atoms with Crippen molar-refractivity contribution >= 4 is 54.1 Å². The van der Waals surface area contributed by atoms with Crippen LogP contribution in [0.1, 0.15) is 40.1 Å². The number of ether oxygens (including phenoxy) is 1. The third kappa shape index (κ3) is 5.42. The van der Waals surface area contributed by atoms with E-state index in [2.05, 4.69) is 9.71 Å². The fraction of sp³-hybridized carbons (Fsp3) is 0.121. The first-order valence-electron chi connectivity index (χ1n) is 13.6. The number of hydrogen-bond donors (Lipinski definition) is 2. The number of carbonyl (C=O) groups is 1. The summed E-state index contributed by atoms with van der Waals surface area (Å²) >= 11 is 1.57. The molecular weight excluding hydrogens is 581 g/mol. The lowest BCUT2D eigenvalue weighted by atomic mass is 10.0. The number of nitrogen functional groups attached to an aromatic ring is 1. The van der Waals surface area contributed by atoms with Crippen molar-refractivity contribution in [3.05, 3.63) is 113 Å². The van der Waals surface area contributed by atoms with Gasteiger partial charge in [-0.05, 0) is 73.2 Å². The Balaban J connectivity index is 1.54. The fourth-order valence-corrected chi connectivity index (χ4v) is 7.16. The molecule has 0 saturated carbocycles. The lowest BCUT2D eigenvalue weighted by Crippen LogP contribution is -2.31. The number of anilines is 1. The van der Waals surface area contributed by atoms with Crippen LogP contribution < -0.4 is 15.2 Å². The van der Waals surface area contributed by atoms with Crippen molar-refractivity contribution < 1.29 is 17.9 Å². The number of hydrogen-bond acceptors (Lipinski definition) is 8. The smallest absolute Gasteiger partial charge is 0.281 e. The number of fused-ring (bicyclic) bond motifs is 2. The highest BCUT2D eigenvalue weighted by Crippen LogP contribution is 2.41. The van der Waals surface area contributed by atoms with Crippen LogP contribution in [0.15, 0.2) is 96.0 Å². The lowest BCUT2D eigenvalue weighted by molar-refractivity contribution is 0.0982. The van der Waals surface area contributed by atoms with Gasteiger partial charge < -0.3 is 10.5 Å². The minimum absolute atomic E-state index is 0.0217. The molecule has 3 N–H and O–H groups in total. The Morgan fingerprint density at radius 2 is 1.67 bits per heavy atom. The molecule has 0 radical (unpaired) electrons.